The molecule has 4 nitrogen and oxygen atoms in total. The van der Waals surface area contributed by atoms with E-state index in [1.54, 1.807) is 12.1 Å². The normalized spacial score (nSPS) is 17.9. The van der Waals surface area contributed by atoms with Crippen LogP contribution < -0.4 is 10.1 Å². The topological polar surface area (TPSA) is 47.6 Å². The Hall–Kier alpha value is -2.04. The van der Waals surface area contributed by atoms with Gasteiger partial charge in [-0.3, -0.25) is 4.79 Å². The Morgan fingerprint density at radius 2 is 2.12 bits per heavy atom. The average molecular weight is 360 g/mol. The first-order valence-electron chi connectivity index (χ1n) is 8.52. The Morgan fingerprint density at radius 3 is 2.80 bits per heavy atom. The molecule has 3 rings (SSSR count). The fraction of sp³-hybridized carbons (Fsp3) is 0.350. The largest absolute Gasteiger partial charge is 0.491 e. The van der Waals surface area contributed by atoms with E-state index in [2.05, 4.69) is 5.32 Å². The third kappa shape index (κ3) is 4.97. The van der Waals surface area contributed by atoms with Crippen LogP contribution in [-0.4, -0.2) is 25.2 Å². The summed E-state index contributed by atoms with van der Waals surface area (Å²) in [6, 6.07) is 14.5. The quantitative estimate of drug-likeness (QED) is 0.832. The maximum absolute atomic E-state index is 12.4. The molecule has 0 bridgehead atoms. The maximum atomic E-state index is 12.4. The summed E-state index contributed by atoms with van der Waals surface area (Å²) >= 11 is 6.00. The van der Waals surface area contributed by atoms with Crippen LogP contribution in [0.25, 0.3) is 0 Å². The molecule has 1 fully saturated rings. The smallest absolute Gasteiger partial charge is 0.251 e. The maximum Gasteiger partial charge on any atom is 0.251 e. The van der Waals surface area contributed by atoms with E-state index in [0.29, 0.717) is 17.2 Å². The van der Waals surface area contributed by atoms with Gasteiger partial charge in [0.1, 0.15) is 12.4 Å². The van der Waals surface area contributed by atoms with Gasteiger partial charge >= 0.3 is 0 Å². The highest BCUT2D eigenvalue weighted by Gasteiger charge is 2.16. The number of hydrogen-bond acceptors (Lipinski definition) is 3. The summed E-state index contributed by atoms with van der Waals surface area (Å²) in [6.45, 7) is 3.30. The molecule has 1 N–H and O–H groups in total. The first-order chi connectivity index (χ1) is 12.1. The number of carbonyl (C=O) groups is 1. The van der Waals surface area contributed by atoms with Crippen LogP contribution in [0, 0.1) is 0 Å². The molecular formula is C20H22ClNO3. The molecule has 2 atom stereocenters. The fourth-order valence-electron chi connectivity index (χ4n) is 2.81. The molecule has 2 unspecified atom stereocenters. The number of rotatable bonds is 6. The second-order valence-electron chi connectivity index (χ2n) is 6.22. The van der Waals surface area contributed by atoms with Gasteiger partial charge < -0.3 is 14.8 Å². The zero-order chi connectivity index (χ0) is 17.6. The summed E-state index contributed by atoms with van der Waals surface area (Å²) in [5.74, 6) is 0.619. The standard InChI is InChI=1S/C20H22ClNO3/c1-14(16-4-2-5-17(21)12-16)22-20(23)15-7-9-18(10-8-15)25-13-19-6-3-11-24-19/h2,4-5,7-10,12,14,19H,3,6,11,13H2,1H3,(H,22,23). The number of ether oxygens (including phenoxy) is 2. The van der Waals surface area contributed by atoms with Crippen LogP contribution in [0.1, 0.15) is 41.7 Å². The first kappa shape index (κ1) is 17.8. The van der Waals surface area contributed by atoms with Crippen LogP contribution in [0.5, 0.6) is 5.75 Å². The molecule has 0 radical (unpaired) electrons. The molecule has 1 amide bonds. The molecule has 0 aromatic heterocycles. The van der Waals surface area contributed by atoms with Crippen molar-refractivity contribution in [2.45, 2.75) is 31.9 Å². The van der Waals surface area contributed by atoms with Gasteiger partial charge in [-0.05, 0) is 61.7 Å². The van der Waals surface area contributed by atoms with Gasteiger partial charge in [0.15, 0.2) is 0 Å². The number of nitrogens with one attached hydrogen (secondary N) is 1. The van der Waals surface area contributed by atoms with Gasteiger partial charge in [-0.1, -0.05) is 23.7 Å². The van der Waals surface area contributed by atoms with E-state index in [4.69, 9.17) is 21.1 Å². The Labute approximate surface area is 153 Å². The lowest BCUT2D eigenvalue weighted by Gasteiger charge is -2.15. The molecule has 5 heteroatoms. The highest BCUT2D eigenvalue weighted by molar-refractivity contribution is 6.30. The summed E-state index contributed by atoms with van der Waals surface area (Å²) in [6.07, 6.45) is 2.32. The number of halogens is 1. The zero-order valence-electron chi connectivity index (χ0n) is 14.2. The Morgan fingerprint density at radius 1 is 1.32 bits per heavy atom. The monoisotopic (exact) mass is 359 g/mol. The minimum absolute atomic E-state index is 0.123. The molecule has 25 heavy (non-hydrogen) atoms. The minimum atomic E-state index is -0.127. The highest BCUT2D eigenvalue weighted by atomic mass is 35.5. The predicted molar refractivity (Wildman–Crippen MR) is 98.2 cm³/mol. The van der Waals surface area contributed by atoms with E-state index in [1.807, 2.05) is 43.3 Å². The van der Waals surface area contributed by atoms with Gasteiger partial charge in [0.25, 0.3) is 5.91 Å². The molecule has 2 aromatic carbocycles. The second-order valence-corrected chi connectivity index (χ2v) is 6.66. The van der Waals surface area contributed by atoms with Gasteiger partial charge in [0, 0.05) is 17.2 Å². The number of carbonyl (C=O) groups excluding carboxylic acids is 1. The number of amides is 1. The van der Waals surface area contributed by atoms with Gasteiger partial charge in [-0.15, -0.1) is 0 Å². The Kier molecular flexibility index (Phi) is 5.95. The van der Waals surface area contributed by atoms with E-state index < -0.39 is 0 Å². The van der Waals surface area contributed by atoms with Crippen LogP contribution in [0.15, 0.2) is 48.5 Å². The summed E-state index contributed by atoms with van der Waals surface area (Å²) in [5.41, 5.74) is 1.57. The van der Waals surface area contributed by atoms with Crippen molar-refractivity contribution in [2.75, 3.05) is 13.2 Å². The van der Waals surface area contributed by atoms with Crippen molar-refractivity contribution in [1.29, 1.82) is 0 Å². The van der Waals surface area contributed by atoms with Crippen LogP contribution in [0.4, 0.5) is 0 Å². The van der Waals surface area contributed by atoms with Crippen LogP contribution >= 0.6 is 11.6 Å². The van der Waals surface area contributed by atoms with Crippen LogP contribution in [0.2, 0.25) is 5.02 Å². The highest BCUT2D eigenvalue weighted by Crippen LogP contribution is 2.19. The van der Waals surface area contributed by atoms with Gasteiger partial charge in [-0.2, -0.15) is 0 Å². The molecule has 1 aliphatic heterocycles. The fourth-order valence-corrected chi connectivity index (χ4v) is 3.01. The average Bonchev–Trinajstić information content (AvgIpc) is 3.14. The third-order valence-corrected chi connectivity index (χ3v) is 4.51. The summed E-state index contributed by atoms with van der Waals surface area (Å²) in [5, 5.41) is 3.64. The zero-order valence-corrected chi connectivity index (χ0v) is 15.0. The van der Waals surface area contributed by atoms with Crippen molar-refractivity contribution in [2.24, 2.45) is 0 Å². The molecule has 1 saturated heterocycles. The van der Waals surface area contributed by atoms with E-state index in [9.17, 15) is 4.79 Å². The SMILES string of the molecule is CC(NC(=O)c1ccc(OCC2CCCO2)cc1)c1cccc(Cl)c1. The molecule has 0 aliphatic carbocycles. The van der Waals surface area contributed by atoms with Crippen molar-refractivity contribution < 1.29 is 14.3 Å². The van der Waals surface area contributed by atoms with Crippen molar-refractivity contribution in [3.05, 3.63) is 64.7 Å². The van der Waals surface area contributed by atoms with Crippen molar-refractivity contribution in [3.63, 3.8) is 0 Å². The van der Waals surface area contributed by atoms with Crippen LogP contribution in [0.3, 0.4) is 0 Å². The van der Waals surface area contributed by atoms with Gasteiger partial charge in [0.2, 0.25) is 0 Å². The minimum Gasteiger partial charge on any atom is -0.491 e. The lowest BCUT2D eigenvalue weighted by atomic mass is 10.1. The molecule has 132 valence electrons. The van der Waals surface area contributed by atoms with Crippen molar-refractivity contribution >= 4 is 17.5 Å². The first-order valence-corrected chi connectivity index (χ1v) is 8.90. The number of hydrogen-bond donors (Lipinski definition) is 1. The summed E-state index contributed by atoms with van der Waals surface area (Å²) < 4.78 is 11.2. The van der Waals surface area contributed by atoms with E-state index in [1.165, 1.54) is 0 Å². The molecule has 1 heterocycles. The Balaban J connectivity index is 1.54. The third-order valence-electron chi connectivity index (χ3n) is 4.27. The summed E-state index contributed by atoms with van der Waals surface area (Å²) in [4.78, 5) is 12.4. The van der Waals surface area contributed by atoms with Crippen LogP contribution in [-0.2, 0) is 4.74 Å². The molecule has 0 saturated carbocycles. The number of benzene rings is 2. The molecular weight excluding hydrogens is 338 g/mol. The molecule has 0 spiro atoms. The molecule has 1 aliphatic rings. The lowest BCUT2D eigenvalue weighted by molar-refractivity contribution is 0.0679. The van der Waals surface area contributed by atoms with Gasteiger partial charge in [-0.25, -0.2) is 0 Å². The van der Waals surface area contributed by atoms with E-state index >= 15 is 0 Å². The Bertz CT molecular complexity index is 711. The van der Waals surface area contributed by atoms with E-state index in [0.717, 1.165) is 30.8 Å². The molecule has 2 aromatic rings. The van der Waals surface area contributed by atoms with Crippen molar-refractivity contribution in [3.8, 4) is 5.75 Å². The summed E-state index contributed by atoms with van der Waals surface area (Å²) in [7, 11) is 0. The van der Waals surface area contributed by atoms with E-state index in [-0.39, 0.29) is 18.1 Å². The van der Waals surface area contributed by atoms with Crippen molar-refractivity contribution in [1.82, 2.24) is 5.32 Å². The second kappa shape index (κ2) is 8.37. The lowest BCUT2D eigenvalue weighted by Crippen LogP contribution is -2.26. The van der Waals surface area contributed by atoms with Gasteiger partial charge in [0.05, 0.1) is 12.1 Å². The predicted octanol–water partition coefficient (Wildman–Crippen LogP) is 4.39.